The van der Waals surface area contributed by atoms with Crippen LogP contribution in [0.15, 0.2) is 42.5 Å². The number of nitrogens with one attached hydrogen (secondary N) is 1. The van der Waals surface area contributed by atoms with E-state index in [1.165, 1.54) is 32.4 Å². The summed E-state index contributed by atoms with van der Waals surface area (Å²) in [6, 6.07) is 10.9. The van der Waals surface area contributed by atoms with E-state index in [4.69, 9.17) is 14.2 Å². The van der Waals surface area contributed by atoms with E-state index in [-0.39, 0.29) is 23.2 Å². The number of esters is 1. The first-order chi connectivity index (χ1) is 15.0. The standard InChI is InChI=1S/C22H22N2O7/c1-29-11-5-10-24-20(26)15-9-8-14(12-16(15)21(24)27)22(28)31-13-19(25)23-17-6-3-4-7-18(17)30-2/h3-4,6-9,12H,5,10-11,13H2,1-2H3,(H,23,25). The molecular formula is C22H22N2O7. The molecule has 1 aliphatic heterocycles. The highest BCUT2D eigenvalue weighted by atomic mass is 16.5. The van der Waals surface area contributed by atoms with Crippen molar-refractivity contribution in [1.82, 2.24) is 4.90 Å². The predicted octanol–water partition coefficient (Wildman–Crippen LogP) is 2.12. The summed E-state index contributed by atoms with van der Waals surface area (Å²) in [5, 5.41) is 2.60. The Morgan fingerprint density at radius 2 is 1.74 bits per heavy atom. The van der Waals surface area contributed by atoms with Crippen molar-refractivity contribution in [3.05, 3.63) is 59.2 Å². The molecule has 0 radical (unpaired) electrons. The van der Waals surface area contributed by atoms with Crippen LogP contribution in [0.5, 0.6) is 5.75 Å². The molecular weight excluding hydrogens is 404 g/mol. The minimum absolute atomic E-state index is 0.0729. The molecule has 1 N–H and O–H groups in total. The zero-order chi connectivity index (χ0) is 22.4. The van der Waals surface area contributed by atoms with Gasteiger partial charge in [-0.2, -0.15) is 0 Å². The normalized spacial score (nSPS) is 12.5. The van der Waals surface area contributed by atoms with E-state index in [0.717, 1.165) is 4.90 Å². The van der Waals surface area contributed by atoms with E-state index in [1.54, 1.807) is 24.3 Å². The van der Waals surface area contributed by atoms with Crippen LogP contribution in [-0.4, -0.2) is 62.6 Å². The number of carbonyl (C=O) groups excluding carboxylic acids is 4. The van der Waals surface area contributed by atoms with Crippen LogP contribution in [0.4, 0.5) is 5.69 Å². The zero-order valence-electron chi connectivity index (χ0n) is 17.2. The molecule has 0 unspecified atom stereocenters. The van der Waals surface area contributed by atoms with E-state index in [2.05, 4.69) is 5.32 Å². The minimum atomic E-state index is -0.781. The van der Waals surface area contributed by atoms with Crippen LogP contribution in [0.25, 0.3) is 0 Å². The van der Waals surface area contributed by atoms with Crippen molar-refractivity contribution in [2.75, 3.05) is 39.3 Å². The Kier molecular flexibility index (Phi) is 6.99. The van der Waals surface area contributed by atoms with Gasteiger partial charge in [0.05, 0.1) is 29.5 Å². The number of rotatable bonds is 9. The van der Waals surface area contributed by atoms with E-state index in [9.17, 15) is 19.2 Å². The first-order valence-corrected chi connectivity index (χ1v) is 9.55. The first kappa shape index (κ1) is 22.0. The first-order valence-electron chi connectivity index (χ1n) is 9.55. The molecule has 31 heavy (non-hydrogen) atoms. The molecule has 1 aliphatic rings. The van der Waals surface area contributed by atoms with Gasteiger partial charge in [0.25, 0.3) is 17.7 Å². The minimum Gasteiger partial charge on any atom is -0.495 e. The molecule has 9 heteroatoms. The van der Waals surface area contributed by atoms with Crippen molar-refractivity contribution in [3.63, 3.8) is 0 Å². The van der Waals surface area contributed by atoms with Crippen molar-refractivity contribution < 1.29 is 33.4 Å². The highest BCUT2D eigenvalue weighted by Crippen LogP contribution is 2.25. The molecule has 2 aromatic carbocycles. The molecule has 0 saturated heterocycles. The molecule has 1 heterocycles. The Labute approximate surface area is 178 Å². The summed E-state index contributed by atoms with van der Waals surface area (Å²) in [7, 11) is 3.01. The van der Waals surface area contributed by atoms with E-state index < -0.39 is 30.3 Å². The highest BCUT2D eigenvalue weighted by Gasteiger charge is 2.35. The second kappa shape index (κ2) is 9.86. The number of para-hydroxylation sites is 2. The van der Waals surface area contributed by atoms with Crippen LogP contribution >= 0.6 is 0 Å². The third kappa shape index (κ3) is 4.89. The molecule has 0 atom stereocenters. The van der Waals surface area contributed by atoms with Crippen molar-refractivity contribution in [1.29, 1.82) is 0 Å². The maximum absolute atomic E-state index is 12.5. The van der Waals surface area contributed by atoms with Gasteiger partial charge >= 0.3 is 5.97 Å². The Morgan fingerprint density at radius 1 is 1.00 bits per heavy atom. The van der Waals surface area contributed by atoms with Crippen molar-refractivity contribution in [3.8, 4) is 5.75 Å². The maximum atomic E-state index is 12.5. The van der Waals surface area contributed by atoms with Crippen LogP contribution in [0, 0.1) is 0 Å². The lowest BCUT2D eigenvalue weighted by Crippen LogP contribution is -2.31. The largest absolute Gasteiger partial charge is 0.495 e. The number of nitrogens with zero attached hydrogens (tertiary/aromatic N) is 1. The van der Waals surface area contributed by atoms with Gasteiger partial charge in [0.1, 0.15) is 5.75 Å². The van der Waals surface area contributed by atoms with Crippen LogP contribution in [0.2, 0.25) is 0 Å². The second-order valence-corrected chi connectivity index (χ2v) is 6.69. The summed E-state index contributed by atoms with van der Waals surface area (Å²) >= 11 is 0. The van der Waals surface area contributed by atoms with Crippen molar-refractivity contribution in [2.24, 2.45) is 0 Å². The fraction of sp³-hybridized carbons (Fsp3) is 0.273. The Hall–Kier alpha value is -3.72. The predicted molar refractivity (Wildman–Crippen MR) is 110 cm³/mol. The van der Waals surface area contributed by atoms with Gasteiger partial charge in [0.15, 0.2) is 6.61 Å². The lowest BCUT2D eigenvalue weighted by molar-refractivity contribution is -0.119. The number of carbonyl (C=O) groups is 4. The van der Waals surface area contributed by atoms with Gasteiger partial charge in [0, 0.05) is 20.3 Å². The number of hydrogen-bond donors (Lipinski definition) is 1. The smallest absolute Gasteiger partial charge is 0.338 e. The monoisotopic (exact) mass is 426 g/mol. The van der Waals surface area contributed by atoms with Gasteiger partial charge in [-0.05, 0) is 36.8 Å². The molecule has 0 aliphatic carbocycles. The van der Waals surface area contributed by atoms with E-state index in [0.29, 0.717) is 24.5 Å². The molecule has 0 fully saturated rings. The lowest BCUT2D eigenvalue weighted by Gasteiger charge is -2.12. The second-order valence-electron chi connectivity index (χ2n) is 6.69. The fourth-order valence-electron chi connectivity index (χ4n) is 3.14. The number of anilines is 1. The molecule has 0 bridgehead atoms. The summed E-state index contributed by atoms with van der Waals surface area (Å²) in [6.07, 6.45) is 0.512. The van der Waals surface area contributed by atoms with Crippen LogP contribution in [0.3, 0.4) is 0 Å². The fourth-order valence-corrected chi connectivity index (χ4v) is 3.14. The maximum Gasteiger partial charge on any atom is 0.338 e. The average molecular weight is 426 g/mol. The van der Waals surface area contributed by atoms with Gasteiger partial charge in [0.2, 0.25) is 0 Å². The Balaban J connectivity index is 1.62. The number of hydrogen-bond acceptors (Lipinski definition) is 7. The van der Waals surface area contributed by atoms with Gasteiger partial charge in [-0.15, -0.1) is 0 Å². The van der Waals surface area contributed by atoms with Crippen LogP contribution < -0.4 is 10.1 Å². The Bertz CT molecular complexity index is 1020. The van der Waals surface area contributed by atoms with Crippen LogP contribution in [0.1, 0.15) is 37.5 Å². The molecule has 162 valence electrons. The third-order valence-electron chi connectivity index (χ3n) is 4.65. The van der Waals surface area contributed by atoms with Crippen LogP contribution in [-0.2, 0) is 14.3 Å². The van der Waals surface area contributed by atoms with Gasteiger partial charge < -0.3 is 19.5 Å². The van der Waals surface area contributed by atoms with Gasteiger partial charge in [-0.3, -0.25) is 19.3 Å². The summed E-state index contributed by atoms with van der Waals surface area (Å²) < 4.78 is 15.1. The highest BCUT2D eigenvalue weighted by molar-refractivity contribution is 6.22. The van der Waals surface area contributed by atoms with E-state index >= 15 is 0 Å². The summed E-state index contributed by atoms with van der Waals surface area (Å²) in [6.45, 7) is 0.120. The molecule has 0 saturated carbocycles. The SMILES string of the molecule is COCCCN1C(=O)c2ccc(C(=O)OCC(=O)Nc3ccccc3OC)cc2C1=O. The number of ether oxygens (including phenoxy) is 3. The van der Waals surface area contributed by atoms with Gasteiger partial charge in [-0.1, -0.05) is 12.1 Å². The van der Waals surface area contributed by atoms with Gasteiger partial charge in [-0.25, -0.2) is 4.79 Å². The topological polar surface area (TPSA) is 111 Å². The molecule has 9 nitrogen and oxygen atoms in total. The van der Waals surface area contributed by atoms with Crippen molar-refractivity contribution >= 4 is 29.4 Å². The lowest BCUT2D eigenvalue weighted by atomic mass is 10.1. The molecule has 2 aromatic rings. The quantitative estimate of drug-likeness (QED) is 0.371. The zero-order valence-corrected chi connectivity index (χ0v) is 17.2. The Morgan fingerprint density at radius 3 is 2.48 bits per heavy atom. The number of imide groups is 1. The summed E-state index contributed by atoms with van der Waals surface area (Å²) in [5.41, 5.74) is 0.883. The number of benzene rings is 2. The molecule has 0 aromatic heterocycles. The summed E-state index contributed by atoms with van der Waals surface area (Å²) in [5.74, 6) is -1.74. The molecule has 0 spiro atoms. The number of methoxy groups -OCH3 is 2. The summed E-state index contributed by atoms with van der Waals surface area (Å²) in [4.78, 5) is 50.5. The molecule has 3 amide bonds. The third-order valence-corrected chi connectivity index (χ3v) is 4.65. The number of fused-ring (bicyclic) bond motifs is 1. The van der Waals surface area contributed by atoms with E-state index in [1.807, 2.05) is 0 Å². The average Bonchev–Trinajstić information content (AvgIpc) is 3.02. The molecule has 3 rings (SSSR count). The van der Waals surface area contributed by atoms with Crippen molar-refractivity contribution in [2.45, 2.75) is 6.42 Å². The number of amides is 3.